The van der Waals surface area contributed by atoms with E-state index < -0.39 is 15.9 Å². The van der Waals surface area contributed by atoms with Crippen molar-refractivity contribution in [3.63, 3.8) is 0 Å². The average molecular weight is 504 g/mol. The van der Waals surface area contributed by atoms with Crippen molar-refractivity contribution in [2.24, 2.45) is 4.99 Å². The number of hydrogen-bond acceptors (Lipinski definition) is 5. The lowest BCUT2D eigenvalue weighted by Crippen LogP contribution is -2.48. The van der Waals surface area contributed by atoms with Crippen LogP contribution in [-0.2, 0) is 21.3 Å². The minimum Gasteiger partial charge on any atom is -0.373 e. The zero-order valence-corrected chi connectivity index (χ0v) is 20.5. The molecule has 1 aliphatic heterocycles. The Morgan fingerprint density at radius 3 is 2.52 bits per heavy atom. The zero-order chi connectivity index (χ0) is 23.8. The van der Waals surface area contributed by atoms with E-state index in [1.165, 1.54) is 39.9 Å². The van der Waals surface area contributed by atoms with E-state index in [1.807, 2.05) is 26.0 Å². The second kappa shape index (κ2) is 9.41. The molecule has 1 fully saturated rings. The first-order valence-electron chi connectivity index (χ1n) is 10.3. The van der Waals surface area contributed by atoms with Gasteiger partial charge in [-0.3, -0.25) is 4.79 Å². The van der Waals surface area contributed by atoms with Crippen LogP contribution in [0.2, 0.25) is 5.02 Å². The summed E-state index contributed by atoms with van der Waals surface area (Å²) in [6.07, 6.45) is 5.13. The number of ether oxygens (including phenoxy) is 1. The number of carbonyl (C=O) groups excluding carboxylic acids is 1. The van der Waals surface area contributed by atoms with E-state index >= 15 is 0 Å². The van der Waals surface area contributed by atoms with E-state index in [-0.39, 0.29) is 42.3 Å². The summed E-state index contributed by atoms with van der Waals surface area (Å²) < 4.78 is 35.7. The smallest absolute Gasteiger partial charge is 0.279 e. The molecule has 0 spiro atoms. The molecule has 1 amide bonds. The molecule has 7 nitrogen and oxygen atoms in total. The highest BCUT2D eigenvalue weighted by Crippen LogP contribution is 2.25. The molecule has 2 heterocycles. The first kappa shape index (κ1) is 23.7. The van der Waals surface area contributed by atoms with Crippen molar-refractivity contribution in [3.8, 4) is 12.3 Å². The number of amides is 1. The first-order valence-corrected chi connectivity index (χ1v) is 12.9. The minimum atomic E-state index is -3.69. The summed E-state index contributed by atoms with van der Waals surface area (Å²) in [5, 5.41) is 0.522. The van der Waals surface area contributed by atoms with Gasteiger partial charge in [0.2, 0.25) is 10.0 Å². The van der Waals surface area contributed by atoms with Gasteiger partial charge in [-0.1, -0.05) is 34.9 Å². The van der Waals surface area contributed by atoms with Crippen LogP contribution in [0.3, 0.4) is 0 Å². The van der Waals surface area contributed by atoms with Crippen LogP contribution in [0.25, 0.3) is 10.2 Å². The van der Waals surface area contributed by atoms with Crippen LogP contribution in [0.1, 0.15) is 24.2 Å². The van der Waals surface area contributed by atoms with Crippen LogP contribution in [-0.4, -0.2) is 48.5 Å². The van der Waals surface area contributed by atoms with Crippen LogP contribution in [0, 0.1) is 12.3 Å². The van der Waals surface area contributed by atoms with Gasteiger partial charge in [0.1, 0.15) is 0 Å². The number of morpholine rings is 1. The normalized spacial score (nSPS) is 20.1. The summed E-state index contributed by atoms with van der Waals surface area (Å²) in [5.74, 6) is 2.06. The number of benzene rings is 2. The standard InChI is InChI=1S/C23H22ClN3O4S2/c1-4-12-27-21-19(24)6-5-7-20(21)32-23(27)25-22(28)17-8-10-18(11-9-17)33(29,30)26-13-15(2)31-16(3)14-26/h1,5-11,15-16H,12-14H2,2-3H3. The van der Waals surface area contributed by atoms with Gasteiger partial charge in [0.25, 0.3) is 5.91 Å². The van der Waals surface area contributed by atoms with Gasteiger partial charge in [-0.05, 0) is 50.2 Å². The highest BCUT2D eigenvalue weighted by atomic mass is 35.5. The maximum atomic E-state index is 13.0. The Kier molecular flexibility index (Phi) is 6.75. The molecule has 2 atom stereocenters. The number of sulfonamides is 1. The molecular weight excluding hydrogens is 482 g/mol. The molecule has 1 aromatic heterocycles. The van der Waals surface area contributed by atoms with Crippen molar-refractivity contribution >= 4 is 49.1 Å². The van der Waals surface area contributed by atoms with E-state index in [1.54, 1.807) is 10.6 Å². The third-order valence-electron chi connectivity index (χ3n) is 5.22. The number of thiazole rings is 1. The highest BCUT2D eigenvalue weighted by Gasteiger charge is 2.32. The molecular formula is C23H22ClN3O4S2. The monoisotopic (exact) mass is 503 g/mol. The molecule has 1 aliphatic rings. The molecule has 3 aromatic rings. The van der Waals surface area contributed by atoms with Crippen molar-refractivity contribution < 1.29 is 17.9 Å². The number of aromatic nitrogens is 1. The molecule has 0 bridgehead atoms. The molecule has 172 valence electrons. The van der Waals surface area contributed by atoms with Gasteiger partial charge in [0.05, 0.1) is 38.9 Å². The summed E-state index contributed by atoms with van der Waals surface area (Å²) in [6, 6.07) is 11.3. The van der Waals surface area contributed by atoms with Gasteiger partial charge in [-0.25, -0.2) is 8.42 Å². The molecule has 0 N–H and O–H groups in total. The fourth-order valence-corrected chi connectivity index (χ4v) is 6.78. The second-order valence-corrected chi connectivity index (χ2v) is 11.1. The fraction of sp³-hybridized carbons (Fsp3) is 0.304. The third-order valence-corrected chi connectivity index (χ3v) is 8.42. The van der Waals surface area contributed by atoms with Gasteiger partial charge in [-0.2, -0.15) is 9.30 Å². The van der Waals surface area contributed by atoms with Gasteiger partial charge >= 0.3 is 0 Å². The van der Waals surface area contributed by atoms with Crippen LogP contribution in [0.5, 0.6) is 0 Å². The summed E-state index contributed by atoms with van der Waals surface area (Å²) in [5.41, 5.74) is 0.998. The Morgan fingerprint density at radius 2 is 1.88 bits per heavy atom. The molecule has 10 heteroatoms. The lowest BCUT2D eigenvalue weighted by molar-refractivity contribution is -0.0440. The van der Waals surface area contributed by atoms with Crippen LogP contribution < -0.4 is 4.80 Å². The Morgan fingerprint density at radius 1 is 1.21 bits per heavy atom. The third kappa shape index (κ3) is 4.76. The molecule has 0 aliphatic carbocycles. The summed E-state index contributed by atoms with van der Waals surface area (Å²) in [4.78, 5) is 17.6. The molecule has 1 saturated heterocycles. The van der Waals surface area contributed by atoms with Crippen molar-refractivity contribution in [3.05, 3.63) is 57.9 Å². The number of fused-ring (bicyclic) bond motifs is 1. The number of terminal acetylenes is 1. The number of halogens is 1. The van der Waals surface area contributed by atoms with Crippen LogP contribution in [0.4, 0.5) is 0 Å². The largest absolute Gasteiger partial charge is 0.373 e. The lowest BCUT2D eigenvalue weighted by Gasteiger charge is -2.34. The summed E-state index contributed by atoms with van der Waals surface area (Å²) in [6.45, 7) is 4.46. The van der Waals surface area contributed by atoms with Gasteiger partial charge in [0.15, 0.2) is 4.80 Å². The quantitative estimate of drug-likeness (QED) is 0.510. The average Bonchev–Trinajstić information content (AvgIpc) is 3.11. The summed E-state index contributed by atoms with van der Waals surface area (Å²) in [7, 11) is -3.69. The molecule has 0 radical (unpaired) electrons. The van der Waals surface area contributed by atoms with E-state index in [4.69, 9.17) is 22.8 Å². The molecule has 4 rings (SSSR count). The predicted octanol–water partition coefficient (Wildman–Crippen LogP) is 3.53. The number of rotatable bonds is 4. The molecule has 2 unspecified atom stereocenters. The highest BCUT2D eigenvalue weighted by molar-refractivity contribution is 7.89. The SMILES string of the molecule is C#CCn1c(=NC(=O)c2ccc(S(=O)(=O)N3CC(C)OC(C)C3)cc2)sc2cccc(Cl)c21. The van der Waals surface area contributed by atoms with E-state index in [9.17, 15) is 13.2 Å². The van der Waals surface area contributed by atoms with Crippen molar-refractivity contribution in [1.29, 1.82) is 0 Å². The Hall–Kier alpha value is -2.48. The minimum absolute atomic E-state index is 0.122. The molecule has 0 saturated carbocycles. The van der Waals surface area contributed by atoms with Gasteiger partial charge in [0, 0.05) is 18.7 Å². The van der Waals surface area contributed by atoms with Crippen LogP contribution in [0.15, 0.2) is 52.4 Å². The number of carbonyl (C=O) groups is 1. The predicted molar refractivity (Wildman–Crippen MR) is 129 cm³/mol. The van der Waals surface area contributed by atoms with Crippen molar-refractivity contribution in [2.45, 2.75) is 37.5 Å². The van der Waals surface area contributed by atoms with E-state index in [0.29, 0.717) is 9.82 Å². The topological polar surface area (TPSA) is 81.0 Å². The van der Waals surface area contributed by atoms with E-state index in [0.717, 1.165) is 10.2 Å². The molecule has 2 aromatic carbocycles. The van der Waals surface area contributed by atoms with Crippen molar-refractivity contribution in [1.82, 2.24) is 8.87 Å². The maximum Gasteiger partial charge on any atom is 0.279 e. The van der Waals surface area contributed by atoms with Crippen LogP contribution >= 0.6 is 22.9 Å². The maximum absolute atomic E-state index is 13.0. The number of nitrogens with zero attached hydrogens (tertiary/aromatic N) is 3. The Balaban J connectivity index is 1.65. The fourth-order valence-electron chi connectivity index (χ4n) is 3.81. The van der Waals surface area contributed by atoms with Crippen molar-refractivity contribution in [2.75, 3.05) is 13.1 Å². The Bertz CT molecular complexity index is 1410. The van der Waals surface area contributed by atoms with Gasteiger partial charge < -0.3 is 9.30 Å². The first-order chi connectivity index (χ1) is 15.7. The number of para-hydroxylation sites is 1. The summed E-state index contributed by atoms with van der Waals surface area (Å²) >= 11 is 7.64. The zero-order valence-electron chi connectivity index (χ0n) is 18.1. The Labute approximate surface area is 201 Å². The second-order valence-electron chi connectivity index (χ2n) is 7.78. The lowest BCUT2D eigenvalue weighted by atomic mass is 10.2. The van der Waals surface area contributed by atoms with Gasteiger partial charge in [-0.15, -0.1) is 6.42 Å². The number of hydrogen-bond donors (Lipinski definition) is 0. The molecule has 33 heavy (non-hydrogen) atoms. The van der Waals surface area contributed by atoms with E-state index in [2.05, 4.69) is 10.9 Å².